The van der Waals surface area contributed by atoms with Crippen molar-refractivity contribution in [3.8, 4) is 5.75 Å². The molecule has 2 aliphatic heterocycles. The van der Waals surface area contributed by atoms with E-state index < -0.39 is 95.6 Å². The van der Waals surface area contributed by atoms with Crippen LogP contribution in [0.15, 0.2) is 59.6 Å². The number of rotatable bonds is 25. The molecule has 0 radical (unpaired) electrons. The Hall–Kier alpha value is -7.26. The molecule has 14 N–H and O–H groups in total. The molecule has 22 heteroatoms. The van der Waals surface area contributed by atoms with Crippen LogP contribution in [-0.2, 0) is 56.0 Å². The van der Waals surface area contributed by atoms with Crippen LogP contribution in [0.5, 0.6) is 5.75 Å². The summed E-state index contributed by atoms with van der Waals surface area (Å²) in [5, 5.41) is 28.7. The van der Waals surface area contributed by atoms with Crippen molar-refractivity contribution in [2.24, 2.45) is 34.0 Å². The third kappa shape index (κ3) is 17.1. The van der Waals surface area contributed by atoms with Gasteiger partial charge < -0.3 is 64.4 Å². The minimum atomic E-state index is -1.29. The Morgan fingerprint density at radius 3 is 1.91 bits per heavy atom. The number of hydrogen-bond donors (Lipinski definition) is 11. The van der Waals surface area contributed by atoms with E-state index in [0.717, 1.165) is 0 Å². The van der Waals surface area contributed by atoms with Crippen LogP contribution in [0.25, 0.3) is 0 Å². The number of likely N-dealkylation sites (tertiary alicyclic amines) is 1. The molecule has 2 fully saturated rings. The predicted octanol–water partition coefficient (Wildman–Crippen LogP) is -1.38. The lowest BCUT2D eigenvalue weighted by Gasteiger charge is -2.31. The normalized spacial score (nSPS) is 18.0. The third-order valence-corrected chi connectivity index (χ3v) is 12.0. The van der Waals surface area contributed by atoms with Gasteiger partial charge in [0.15, 0.2) is 5.96 Å². The maximum atomic E-state index is 14.6. The lowest BCUT2D eigenvalue weighted by molar-refractivity contribution is -0.142. The average molecular weight is 975 g/mol. The second-order valence-corrected chi connectivity index (χ2v) is 18.6. The van der Waals surface area contributed by atoms with Crippen molar-refractivity contribution in [1.29, 1.82) is 0 Å². The largest absolute Gasteiger partial charge is 0.508 e. The van der Waals surface area contributed by atoms with E-state index in [1.54, 1.807) is 56.3 Å². The van der Waals surface area contributed by atoms with Gasteiger partial charge >= 0.3 is 0 Å². The summed E-state index contributed by atoms with van der Waals surface area (Å²) in [7, 11) is 0. The number of nitrogens with zero attached hydrogens (tertiary/aromatic N) is 2. The fraction of sp³-hybridized carbons (Fsp3) is 0.542. The lowest BCUT2D eigenvalue weighted by Crippen LogP contribution is -2.60. The van der Waals surface area contributed by atoms with Crippen molar-refractivity contribution >= 4 is 59.1 Å². The molecule has 0 saturated carbocycles. The van der Waals surface area contributed by atoms with Gasteiger partial charge in [0.25, 0.3) is 0 Å². The summed E-state index contributed by atoms with van der Waals surface area (Å²) in [5.74, 6) is -6.28. The molecule has 2 saturated heterocycles. The van der Waals surface area contributed by atoms with E-state index in [0.29, 0.717) is 17.5 Å². The van der Waals surface area contributed by atoms with E-state index in [9.17, 15) is 48.3 Å². The molecule has 2 aromatic carbocycles. The van der Waals surface area contributed by atoms with Crippen molar-refractivity contribution in [2.75, 3.05) is 13.1 Å². The van der Waals surface area contributed by atoms with Crippen LogP contribution in [0.4, 0.5) is 0 Å². The van der Waals surface area contributed by atoms with Gasteiger partial charge in [-0.1, -0.05) is 70.2 Å². The number of benzene rings is 2. The molecule has 2 heterocycles. The van der Waals surface area contributed by atoms with Gasteiger partial charge in [-0.25, -0.2) is 0 Å². The Bertz CT molecular complexity index is 2200. The molecular weight excluding hydrogens is 905 g/mol. The number of carbonyl (C=O) groups is 9. The number of primary amides is 1. The number of hydrogen-bond acceptors (Lipinski definition) is 11. The molecule has 70 heavy (non-hydrogen) atoms. The standard InChI is InChI=1S/C48H70N12O10/c1-26(2)23-34(56-42(65)33-19-20-38(62)54-33)45(68)57-35(24-30-15-17-31(61)18-16-30)44(67)53-28(5)41(64)58-36(25-29-11-7-6-8-12-29)47(70)60-22-10-14-37(60)46(69)55-32(13-9-21-52-48(50)51)43(66)59-39(27(3)4)40(49)63/h6-8,11-12,15-18,26-28,32-37,39,61H,9-10,13-14,19-25H2,1-5H3,(H2,49,63)(H,53,67)(H,54,62)(H,55,69)(H,56,65)(H,57,68)(H,58,64)(H,59,66)(H4,50,51,52)/t28-,32-,33-,34-,35-,36-,37-,39-/m0/s1. The van der Waals surface area contributed by atoms with Crippen LogP contribution in [0, 0.1) is 11.8 Å². The van der Waals surface area contributed by atoms with E-state index in [4.69, 9.17) is 17.2 Å². The van der Waals surface area contributed by atoms with E-state index in [1.807, 2.05) is 13.8 Å². The summed E-state index contributed by atoms with van der Waals surface area (Å²) in [6.45, 7) is 8.82. The molecule has 22 nitrogen and oxygen atoms in total. The Labute approximate surface area is 407 Å². The first kappa shape index (κ1) is 55.3. The minimum Gasteiger partial charge on any atom is -0.508 e. The number of phenols is 1. The topological polar surface area (TPSA) is 352 Å². The van der Waals surface area contributed by atoms with E-state index in [2.05, 4.69) is 42.2 Å². The summed E-state index contributed by atoms with van der Waals surface area (Å²) in [6.07, 6.45) is 1.57. The molecule has 0 aliphatic carbocycles. The van der Waals surface area contributed by atoms with E-state index in [-0.39, 0.29) is 93.9 Å². The van der Waals surface area contributed by atoms with Crippen molar-refractivity contribution in [2.45, 2.75) is 141 Å². The predicted molar refractivity (Wildman–Crippen MR) is 259 cm³/mol. The summed E-state index contributed by atoms with van der Waals surface area (Å²) in [6, 6.07) is 5.88. The molecule has 382 valence electrons. The number of aliphatic imine (C=N–C) groups is 1. The minimum absolute atomic E-state index is 0.00345. The highest BCUT2D eigenvalue weighted by Crippen LogP contribution is 2.21. The fourth-order valence-corrected chi connectivity index (χ4v) is 8.23. The van der Waals surface area contributed by atoms with Crippen molar-refractivity contribution in [3.05, 3.63) is 65.7 Å². The van der Waals surface area contributed by atoms with Crippen molar-refractivity contribution in [3.63, 3.8) is 0 Å². The number of amides is 9. The molecule has 0 bridgehead atoms. The van der Waals surface area contributed by atoms with Crippen molar-refractivity contribution < 1.29 is 48.3 Å². The van der Waals surface area contributed by atoms with Gasteiger partial charge in [-0.15, -0.1) is 0 Å². The number of aromatic hydroxyl groups is 1. The number of carbonyl (C=O) groups excluding carboxylic acids is 9. The molecule has 2 aliphatic rings. The monoisotopic (exact) mass is 975 g/mol. The number of phenolic OH excluding ortho intramolecular Hbond substituents is 1. The first-order chi connectivity index (χ1) is 33.1. The second kappa shape index (κ2) is 26.5. The Kier molecular flexibility index (Phi) is 20.9. The summed E-state index contributed by atoms with van der Waals surface area (Å²) >= 11 is 0. The van der Waals surface area contributed by atoms with Crippen LogP contribution < -0.4 is 54.4 Å². The van der Waals surface area contributed by atoms with E-state index in [1.165, 1.54) is 24.0 Å². The van der Waals surface area contributed by atoms with Gasteiger partial charge in [-0.3, -0.25) is 48.1 Å². The molecule has 2 aromatic rings. The maximum Gasteiger partial charge on any atom is 0.246 e. The van der Waals surface area contributed by atoms with Gasteiger partial charge in [-0.05, 0) is 80.5 Å². The Morgan fingerprint density at radius 2 is 1.31 bits per heavy atom. The number of guanidine groups is 1. The fourth-order valence-electron chi connectivity index (χ4n) is 8.23. The lowest BCUT2D eigenvalue weighted by atomic mass is 10.0. The van der Waals surface area contributed by atoms with Crippen LogP contribution in [0.2, 0.25) is 0 Å². The quantitative estimate of drug-likeness (QED) is 0.0312. The molecule has 4 rings (SSSR count). The van der Waals surface area contributed by atoms with Crippen LogP contribution in [0.1, 0.15) is 90.7 Å². The highest BCUT2D eigenvalue weighted by atomic mass is 16.3. The Balaban J connectivity index is 1.53. The smallest absolute Gasteiger partial charge is 0.246 e. The van der Waals surface area contributed by atoms with E-state index >= 15 is 0 Å². The summed E-state index contributed by atoms with van der Waals surface area (Å²) in [5.41, 5.74) is 17.7. The van der Waals surface area contributed by atoms with Gasteiger partial charge in [0.2, 0.25) is 53.2 Å². The van der Waals surface area contributed by atoms with Gasteiger partial charge in [0.1, 0.15) is 54.1 Å². The zero-order valence-electron chi connectivity index (χ0n) is 40.5. The second-order valence-electron chi connectivity index (χ2n) is 18.6. The average Bonchev–Trinajstić information content (AvgIpc) is 3.98. The zero-order valence-corrected chi connectivity index (χ0v) is 40.5. The molecule has 0 spiro atoms. The molecular formula is C48H70N12O10. The number of nitrogens with one attached hydrogen (secondary N) is 7. The highest BCUT2D eigenvalue weighted by Gasteiger charge is 2.40. The van der Waals surface area contributed by atoms with Crippen molar-refractivity contribution in [1.82, 2.24) is 42.1 Å². The van der Waals surface area contributed by atoms with Crippen LogP contribution in [0.3, 0.4) is 0 Å². The SMILES string of the molecule is CC(C)C[C@H](NC(=O)[C@@H]1CCC(=O)N1)C(=O)N[C@@H](Cc1ccc(O)cc1)C(=O)N[C@@H](C)C(=O)N[C@@H](Cc1ccccc1)C(=O)N1CCC[C@H]1C(=O)N[C@@H](CCCN=C(N)N)C(=O)N[C@H](C(N)=O)C(C)C. The van der Waals surface area contributed by atoms with Gasteiger partial charge in [-0.2, -0.15) is 0 Å². The molecule has 8 atom stereocenters. The number of nitrogens with two attached hydrogens (primary N) is 3. The first-order valence-electron chi connectivity index (χ1n) is 23.7. The summed E-state index contributed by atoms with van der Waals surface area (Å²) in [4.78, 5) is 127. The summed E-state index contributed by atoms with van der Waals surface area (Å²) < 4.78 is 0. The zero-order chi connectivity index (χ0) is 51.7. The van der Waals surface area contributed by atoms with Gasteiger partial charge in [0.05, 0.1) is 0 Å². The van der Waals surface area contributed by atoms with Crippen LogP contribution >= 0.6 is 0 Å². The van der Waals surface area contributed by atoms with Gasteiger partial charge in [0, 0.05) is 32.4 Å². The maximum absolute atomic E-state index is 14.6. The first-order valence-corrected chi connectivity index (χ1v) is 23.7. The van der Waals surface area contributed by atoms with Crippen LogP contribution in [-0.4, -0.2) is 131 Å². The molecule has 0 aromatic heterocycles. The highest BCUT2D eigenvalue weighted by molar-refractivity contribution is 5.98. The third-order valence-electron chi connectivity index (χ3n) is 12.0. The molecule has 0 unspecified atom stereocenters. The molecule has 9 amide bonds. The Morgan fingerprint density at radius 1 is 0.714 bits per heavy atom.